The normalized spacial score (nSPS) is 12.1. The molecule has 0 radical (unpaired) electrons. The summed E-state index contributed by atoms with van der Waals surface area (Å²) in [6.07, 6.45) is 0. The third kappa shape index (κ3) is 3.32. The minimum Gasteiger partial charge on any atom is -0.423 e. The second kappa shape index (κ2) is 8.77. The molecule has 5 nitrogen and oxygen atoms in total. The van der Waals surface area contributed by atoms with Crippen molar-refractivity contribution in [2.75, 3.05) is 0 Å². The Balaban J connectivity index is 1.45. The molecule has 0 aliphatic rings. The Hall–Kier alpha value is -4.99. The summed E-state index contributed by atoms with van der Waals surface area (Å²) in [6, 6.07) is 43.4. The van der Waals surface area contributed by atoms with Gasteiger partial charge in [0, 0.05) is 26.9 Å². The average molecular weight is 536 g/mol. The molecule has 0 bridgehead atoms. The van der Waals surface area contributed by atoms with E-state index in [9.17, 15) is 0 Å². The molecule has 0 fully saturated rings. The molecule has 0 aliphatic heterocycles. The van der Waals surface area contributed by atoms with E-state index in [0.29, 0.717) is 5.84 Å². The van der Waals surface area contributed by atoms with E-state index in [2.05, 4.69) is 0 Å². The highest BCUT2D eigenvalue weighted by Gasteiger charge is 2.30. The molecule has 0 aliphatic carbocycles. The summed E-state index contributed by atoms with van der Waals surface area (Å²) >= 11 is 0. The van der Waals surface area contributed by atoms with Gasteiger partial charge >= 0.3 is 5.84 Å². The van der Waals surface area contributed by atoms with Crippen LogP contribution in [0.2, 0.25) is 0 Å². The van der Waals surface area contributed by atoms with Crippen LogP contribution in [-0.2, 0) is 4.57 Å². The quantitative estimate of drug-likeness (QED) is 0.226. The smallest absolute Gasteiger partial charge is 0.307 e. The lowest BCUT2D eigenvalue weighted by Crippen LogP contribution is -2.25. The predicted molar refractivity (Wildman–Crippen MR) is 163 cm³/mol. The van der Waals surface area contributed by atoms with E-state index in [1.54, 1.807) is 0 Å². The first-order chi connectivity index (χ1) is 19.7. The highest BCUT2D eigenvalue weighted by atomic mass is 31.2. The van der Waals surface area contributed by atoms with Crippen LogP contribution in [0.1, 0.15) is 0 Å². The molecule has 0 spiro atoms. The Kier molecular flexibility index (Phi) is 5.03. The standard InChI is InChI=1S/C34H22N3O2P/c38-40(24-13-3-1-4-14-24,25-15-5-2-6-16-25)26-17-11-12-23(22-26)31-33-32(27-18-7-8-19-28(27)35-31)36-34-37(33)29-20-9-10-21-30(29)39-34/h1-22H. The van der Waals surface area contributed by atoms with Crippen LogP contribution in [0.4, 0.5) is 0 Å². The topological polar surface area (TPSA) is 60.4 Å². The zero-order valence-electron chi connectivity index (χ0n) is 21.3. The summed E-state index contributed by atoms with van der Waals surface area (Å²) in [6.45, 7) is 0. The van der Waals surface area contributed by atoms with Crippen LogP contribution in [0.5, 0.6) is 0 Å². The van der Waals surface area contributed by atoms with E-state index in [-0.39, 0.29) is 0 Å². The maximum absolute atomic E-state index is 15.1. The Morgan fingerprint density at radius 2 is 1.27 bits per heavy atom. The minimum absolute atomic E-state index is 0.519. The van der Waals surface area contributed by atoms with Gasteiger partial charge in [-0.05, 0) is 24.3 Å². The van der Waals surface area contributed by atoms with Gasteiger partial charge in [-0.15, -0.1) is 0 Å². The molecular weight excluding hydrogens is 513 g/mol. The molecule has 3 aromatic heterocycles. The number of rotatable bonds is 4. The van der Waals surface area contributed by atoms with Crippen LogP contribution in [0.15, 0.2) is 138 Å². The first kappa shape index (κ1) is 22.9. The van der Waals surface area contributed by atoms with Gasteiger partial charge in [0.05, 0.1) is 16.7 Å². The van der Waals surface area contributed by atoms with Crippen LogP contribution in [0.3, 0.4) is 0 Å². The van der Waals surface area contributed by atoms with Crippen molar-refractivity contribution in [2.24, 2.45) is 0 Å². The number of pyridine rings is 1. The van der Waals surface area contributed by atoms with E-state index < -0.39 is 7.14 Å². The van der Waals surface area contributed by atoms with E-state index in [4.69, 9.17) is 14.4 Å². The van der Waals surface area contributed by atoms with Crippen LogP contribution in [0, 0.1) is 0 Å². The monoisotopic (exact) mass is 535 g/mol. The molecule has 0 N–H and O–H groups in total. The molecule has 8 aromatic rings. The van der Waals surface area contributed by atoms with Crippen molar-refractivity contribution in [1.29, 1.82) is 0 Å². The van der Waals surface area contributed by atoms with E-state index >= 15 is 4.57 Å². The summed E-state index contributed by atoms with van der Waals surface area (Å²) in [7, 11) is -3.16. The Labute approximate surface area is 229 Å². The van der Waals surface area contributed by atoms with Gasteiger partial charge in [-0.1, -0.05) is 109 Å². The second-order valence-electron chi connectivity index (χ2n) is 9.81. The fourth-order valence-electron chi connectivity index (χ4n) is 5.64. The number of hydrogen-bond acceptors (Lipinski definition) is 4. The lowest BCUT2D eigenvalue weighted by Gasteiger charge is -2.20. The Morgan fingerprint density at radius 1 is 0.625 bits per heavy atom. The Morgan fingerprint density at radius 3 is 2.05 bits per heavy atom. The maximum atomic E-state index is 15.1. The van der Waals surface area contributed by atoms with Crippen molar-refractivity contribution in [3.8, 4) is 11.3 Å². The molecule has 8 rings (SSSR count). The maximum Gasteiger partial charge on any atom is 0.307 e. The molecule has 3 heterocycles. The van der Waals surface area contributed by atoms with E-state index in [0.717, 1.165) is 60.2 Å². The first-order valence-electron chi connectivity index (χ1n) is 13.1. The first-order valence-corrected chi connectivity index (χ1v) is 14.8. The molecular formula is C34H22N3O2P. The van der Waals surface area contributed by atoms with Gasteiger partial charge in [-0.3, -0.25) is 4.40 Å². The summed E-state index contributed by atoms with van der Waals surface area (Å²) < 4.78 is 23.3. The average Bonchev–Trinajstić information content (AvgIpc) is 3.58. The molecule has 6 heteroatoms. The zero-order valence-corrected chi connectivity index (χ0v) is 22.2. The summed E-state index contributed by atoms with van der Waals surface area (Å²) in [5, 5.41) is 3.30. The molecule has 5 aromatic carbocycles. The van der Waals surface area contributed by atoms with Gasteiger partial charge < -0.3 is 8.98 Å². The number of hydrogen-bond donors (Lipinski definition) is 0. The number of aromatic nitrogens is 3. The van der Waals surface area contributed by atoms with Gasteiger partial charge in [0.25, 0.3) is 0 Å². The molecule has 190 valence electrons. The van der Waals surface area contributed by atoms with Gasteiger partial charge in [0.15, 0.2) is 12.7 Å². The zero-order chi connectivity index (χ0) is 26.7. The number of nitrogens with zero attached hydrogens (tertiary/aromatic N) is 3. The highest BCUT2D eigenvalue weighted by Crippen LogP contribution is 2.43. The molecule has 0 amide bonds. The van der Waals surface area contributed by atoms with Crippen LogP contribution < -0.4 is 15.9 Å². The minimum atomic E-state index is -3.16. The molecule has 0 saturated heterocycles. The van der Waals surface area contributed by atoms with Gasteiger partial charge in [0.2, 0.25) is 0 Å². The van der Waals surface area contributed by atoms with Crippen LogP contribution >= 0.6 is 7.14 Å². The summed E-state index contributed by atoms with van der Waals surface area (Å²) in [5.41, 5.74) is 5.85. The number of imidazole rings is 1. The summed E-state index contributed by atoms with van der Waals surface area (Å²) in [5.74, 6) is 0.519. The van der Waals surface area contributed by atoms with Gasteiger partial charge in [0.1, 0.15) is 11.0 Å². The number of benzene rings is 5. The second-order valence-corrected chi connectivity index (χ2v) is 12.6. The molecule has 40 heavy (non-hydrogen) atoms. The van der Waals surface area contributed by atoms with Crippen molar-refractivity contribution < 1.29 is 8.98 Å². The van der Waals surface area contributed by atoms with Gasteiger partial charge in [-0.25, -0.2) is 4.98 Å². The van der Waals surface area contributed by atoms with Crippen molar-refractivity contribution in [3.05, 3.63) is 133 Å². The third-order valence-corrected chi connectivity index (χ3v) is 10.5. The number of fused-ring (bicyclic) bond motifs is 7. The fraction of sp³-hybridized carbons (Fsp3) is 0. The fourth-order valence-corrected chi connectivity index (χ4v) is 8.34. The highest BCUT2D eigenvalue weighted by molar-refractivity contribution is 7.85. The van der Waals surface area contributed by atoms with Crippen LogP contribution in [-0.4, -0.2) is 14.4 Å². The van der Waals surface area contributed by atoms with E-state index in [1.807, 2.05) is 138 Å². The van der Waals surface area contributed by atoms with Crippen LogP contribution in [0.25, 0.3) is 50.1 Å². The lowest BCUT2D eigenvalue weighted by atomic mass is 10.1. The lowest BCUT2D eigenvalue weighted by molar-refractivity contribution is 0.592. The third-order valence-electron chi connectivity index (χ3n) is 7.49. The predicted octanol–water partition coefficient (Wildman–Crippen LogP) is 7.09. The molecule has 0 atom stereocenters. The van der Waals surface area contributed by atoms with Gasteiger partial charge in [-0.2, -0.15) is 4.98 Å². The number of oxazole rings is 1. The largest absolute Gasteiger partial charge is 0.423 e. The van der Waals surface area contributed by atoms with Crippen molar-refractivity contribution in [2.45, 2.75) is 0 Å². The van der Waals surface area contributed by atoms with Crippen molar-refractivity contribution >= 4 is 61.9 Å². The van der Waals surface area contributed by atoms with E-state index in [1.165, 1.54) is 0 Å². The molecule has 0 saturated carbocycles. The van der Waals surface area contributed by atoms with Crippen molar-refractivity contribution in [3.63, 3.8) is 0 Å². The number of para-hydroxylation sites is 3. The molecule has 0 unspecified atom stereocenters. The Bertz CT molecular complexity index is 2200. The summed E-state index contributed by atoms with van der Waals surface area (Å²) in [4.78, 5) is 10.1. The van der Waals surface area contributed by atoms with Crippen molar-refractivity contribution in [1.82, 2.24) is 14.4 Å². The SMILES string of the molecule is O=P(c1ccccc1)(c1ccccc1)c1cccc(-c2nc3ccccc3c3nc4oc5ccccc5n4c23)c1.